The van der Waals surface area contributed by atoms with E-state index in [4.69, 9.17) is 19.1 Å². The lowest BCUT2D eigenvalue weighted by Crippen LogP contribution is -2.44. The van der Waals surface area contributed by atoms with Gasteiger partial charge in [-0.15, -0.1) is 0 Å². The number of carboxylic acid groups (broad SMARTS) is 1. The molecule has 2 aromatic heterocycles. The first-order chi connectivity index (χ1) is 15.2. The van der Waals surface area contributed by atoms with Gasteiger partial charge in [0.05, 0.1) is 18.9 Å². The molecular formula is C19H22F3N5O5. The fraction of sp³-hybridized carbons (Fsp3) is 0.526. The third kappa shape index (κ3) is 5.72. The average molecular weight is 457 g/mol. The number of halogens is 3. The fourth-order valence-corrected chi connectivity index (χ4v) is 3.07. The molecule has 32 heavy (non-hydrogen) atoms. The van der Waals surface area contributed by atoms with E-state index in [0.29, 0.717) is 37.3 Å². The smallest absolute Gasteiger partial charge is 0.475 e. The average Bonchev–Trinajstić information content (AvgIpc) is 3.16. The molecule has 0 radical (unpaired) electrons. The van der Waals surface area contributed by atoms with Crippen molar-refractivity contribution in [1.29, 1.82) is 0 Å². The molecule has 3 heterocycles. The Morgan fingerprint density at radius 1 is 1.28 bits per heavy atom. The molecule has 1 aliphatic heterocycles. The molecule has 1 saturated carbocycles. The zero-order chi connectivity index (χ0) is 23.3. The van der Waals surface area contributed by atoms with Crippen LogP contribution in [0.25, 0.3) is 0 Å². The maximum atomic E-state index is 12.8. The predicted octanol–water partition coefficient (Wildman–Crippen LogP) is 2.58. The highest BCUT2D eigenvalue weighted by atomic mass is 19.4. The maximum Gasteiger partial charge on any atom is 0.490 e. The van der Waals surface area contributed by atoms with E-state index in [1.54, 1.807) is 18.0 Å². The summed E-state index contributed by atoms with van der Waals surface area (Å²) in [6.07, 6.45) is 1.52. The molecule has 4 rings (SSSR count). The second kappa shape index (κ2) is 9.94. The van der Waals surface area contributed by atoms with Gasteiger partial charge in [-0.25, -0.2) is 19.7 Å². The monoisotopic (exact) mass is 457 g/mol. The zero-order valence-electron chi connectivity index (χ0n) is 17.1. The summed E-state index contributed by atoms with van der Waals surface area (Å²) in [4.78, 5) is 36.5. The molecular weight excluding hydrogens is 435 g/mol. The summed E-state index contributed by atoms with van der Waals surface area (Å²) >= 11 is 0. The highest BCUT2D eigenvalue weighted by molar-refractivity contribution is 5.92. The van der Waals surface area contributed by atoms with Crippen molar-refractivity contribution in [2.24, 2.45) is 0 Å². The first kappa shape index (κ1) is 23.4. The summed E-state index contributed by atoms with van der Waals surface area (Å²) in [6, 6.07) is 2.01. The van der Waals surface area contributed by atoms with Crippen LogP contribution in [0.2, 0.25) is 0 Å². The summed E-state index contributed by atoms with van der Waals surface area (Å²) in [5.41, 5.74) is 0.580. The highest BCUT2D eigenvalue weighted by Gasteiger charge is 2.38. The maximum absolute atomic E-state index is 12.8. The van der Waals surface area contributed by atoms with Gasteiger partial charge in [0.25, 0.3) is 5.91 Å². The van der Waals surface area contributed by atoms with Gasteiger partial charge >= 0.3 is 12.1 Å². The zero-order valence-corrected chi connectivity index (χ0v) is 17.1. The number of alkyl halides is 3. The third-order valence-electron chi connectivity index (χ3n) is 5.00. The number of morpholine rings is 1. The molecule has 1 unspecified atom stereocenters. The van der Waals surface area contributed by atoms with Gasteiger partial charge in [-0.3, -0.25) is 4.79 Å². The lowest BCUT2D eigenvalue weighted by atomic mass is 9.93. The van der Waals surface area contributed by atoms with Gasteiger partial charge in [0.2, 0.25) is 5.76 Å². The van der Waals surface area contributed by atoms with Crippen LogP contribution in [0, 0.1) is 6.92 Å². The second-order valence-corrected chi connectivity index (χ2v) is 7.23. The fourth-order valence-electron chi connectivity index (χ4n) is 3.07. The normalized spacial score (nSPS) is 18.9. The number of carbonyl (C=O) groups excluding carboxylic acids is 1. The number of nitrogens with zero attached hydrogens (tertiary/aromatic N) is 4. The van der Waals surface area contributed by atoms with Crippen molar-refractivity contribution in [1.82, 2.24) is 19.9 Å². The van der Waals surface area contributed by atoms with Gasteiger partial charge in [-0.05, 0) is 32.3 Å². The predicted molar refractivity (Wildman–Crippen MR) is 103 cm³/mol. The Balaban J connectivity index is 0.000000360. The number of carboxylic acids is 1. The number of amides is 1. The molecule has 174 valence electrons. The van der Waals surface area contributed by atoms with Crippen molar-refractivity contribution in [2.45, 2.75) is 44.4 Å². The van der Waals surface area contributed by atoms with Crippen LogP contribution in [0.4, 0.5) is 19.0 Å². The number of aryl methyl sites for hydroxylation is 1. The largest absolute Gasteiger partial charge is 0.490 e. The Bertz CT molecular complexity index is 947. The van der Waals surface area contributed by atoms with E-state index in [1.165, 1.54) is 25.7 Å². The molecule has 1 amide bonds. The number of nitrogens with one attached hydrogen (secondary N) is 1. The number of hydrogen-bond donors (Lipinski definition) is 2. The molecule has 1 aliphatic carbocycles. The van der Waals surface area contributed by atoms with Crippen molar-refractivity contribution in [3.8, 4) is 0 Å². The topological polar surface area (TPSA) is 131 Å². The van der Waals surface area contributed by atoms with Gasteiger partial charge in [0.1, 0.15) is 11.9 Å². The number of oxazole rings is 1. The van der Waals surface area contributed by atoms with Crippen molar-refractivity contribution in [3.63, 3.8) is 0 Å². The van der Waals surface area contributed by atoms with Crippen LogP contribution >= 0.6 is 0 Å². The number of hydrogen-bond acceptors (Lipinski definition) is 8. The second-order valence-electron chi connectivity index (χ2n) is 7.23. The van der Waals surface area contributed by atoms with E-state index < -0.39 is 12.1 Å². The van der Waals surface area contributed by atoms with Crippen LogP contribution in [0.15, 0.2) is 23.1 Å². The van der Waals surface area contributed by atoms with Crippen LogP contribution in [-0.4, -0.2) is 68.8 Å². The first-order valence-electron chi connectivity index (χ1n) is 9.85. The summed E-state index contributed by atoms with van der Waals surface area (Å²) in [7, 11) is 0. The molecule has 1 atom stereocenters. The molecule has 2 aliphatic rings. The van der Waals surface area contributed by atoms with Gasteiger partial charge in [-0.2, -0.15) is 13.2 Å². The minimum absolute atomic E-state index is 0.204. The quantitative estimate of drug-likeness (QED) is 0.711. The van der Waals surface area contributed by atoms with Crippen LogP contribution < -0.4 is 5.32 Å². The number of aromatic nitrogens is 3. The molecule has 2 fully saturated rings. The van der Waals surface area contributed by atoms with E-state index in [2.05, 4.69) is 20.3 Å². The SMILES string of the molecule is Cc1ncoc1C(=O)N1CCOCC1c1nccc(NC2CCC2)n1.O=C(O)C(F)(F)F. The van der Waals surface area contributed by atoms with E-state index in [-0.39, 0.29) is 17.7 Å². The molecule has 2 aromatic rings. The Labute approximate surface area is 180 Å². The van der Waals surface area contributed by atoms with Crippen LogP contribution in [0.5, 0.6) is 0 Å². The summed E-state index contributed by atoms with van der Waals surface area (Å²) in [6.45, 7) is 3.07. The number of rotatable bonds is 4. The molecule has 10 nitrogen and oxygen atoms in total. The summed E-state index contributed by atoms with van der Waals surface area (Å²) < 4.78 is 42.6. The number of carbonyl (C=O) groups is 2. The van der Waals surface area contributed by atoms with Crippen LogP contribution in [0.3, 0.4) is 0 Å². The van der Waals surface area contributed by atoms with Gasteiger partial charge < -0.3 is 24.5 Å². The minimum atomic E-state index is -5.08. The molecule has 13 heteroatoms. The Hall–Kier alpha value is -3.22. The highest BCUT2D eigenvalue weighted by Crippen LogP contribution is 2.26. The number of anilines is 1. The van der Waals surface area contributed by atoms with Crippen molar-refractivity contribution < 1.29 is 37.0 Å². The third-order valence-corrected chi connectivity index (χ3v) is 5.00. The Morgan fingerprint density at radius 3 is 2.56 bits per heavy atom. The molecule has 0 aromatic carbocycles. The van der Waals surface area contributed by atoms with E-state index in [1.807, 2.05) is 6.07 Å². The summed E-state index contributed by atoms with van der Waals surface area (Å²) in [5.74, 6) is -1.33. The minimum Gasteiger partial charge on any atom is -0.475 e. The van der Waals surface area contributed by atoms with Gasteiger partial charge in [0.15, 0.2) is 12.2 Å². The van der Waals surface area contributed by atoms with Gasteiger partial charge in [-0.1, -0.05) is 0 Å². The first-order valence-corrected chi connectivity index (χ1v) is 9.85. The lowest BCUT2D eigenvalue weighted by Gasteiger charge is -2.34. The number of ether oxygens (including phenoxy) is 1. The Morgan fingerprint density at radius 2 is 2.00 bits per heavy atom. The van der Waals surface area contributed by atoms with Crippen molar-refractivity contribution in [3.05, 3.63) is 35.9 Å². The Kier molecular flexibility index (Phi) is 7.28. The van der Waals surface area contributed by atoms with Crippen LogP contribution in [-0.2, 0) is 9.53 Å². The van der Waals surface area contributed by atoms with E-state index in [9.17, 15) is 18.0 Å². The standard InChI is InChI=1S/C17H21N5O3.C2HF3O2/c1-11-15(25-10-19-11)17(23)22-7-8-24-9-13(22)16-18-6-5-14(21-16)20-12-3-2-4-12;3-2(4,5)1(6)7/h5-6,10,12-13H,2-4,7-9H2,1H3,(H,18,20,21);(H,6,7). The van der Waals surface area contributed by atoms with Crippen molar-refractivity contribution >= 4 is 17.7 Å². The lowest BCUT2D eigenvalue weighted by molar-refractivity contribution is -0.192. The van der Waals surface area contributed by atoms with E-state index in [0.717, 1.165) is 5.82 Å². The van der Waals surface area contributed by atoms with Gasteiger partial charge in [0, 0.05) is 18.8 Å². The summed E-state index contributed by atoms with van der Waals surface area (Å²) in [5, 5.41) is 10.5. The van der Waals surface area contributed by atoms with Crippen molar-refractivity contribution in [2.75, 3.05) is 25.1 Å². The molecule has 0 bridgehead atoms. The molecule has 2 N–H and O–H groups in total. The van der Waals surface area contributed by atoms with Crippen LogP contribution in [0.1, 0.15) is 47.4 Å². The number of aliphatic carboxylic acids is 1. The molecule has 0 spiro atoms. The molecule has 1 saturated heterocycles. The van der Waals surface area contributed by atoms with E-state index >= 15 is 0 Å².